The van der Waals surface area contributed by atoms with Crippen LogP contribution in [0.4, 0.5) is 37.7 Å². The summed E-state index contributed by atoms with van der Waals surface area (Å²) in [4.78, 5) is 46.3. The predicted octanol–water partition coefficient (Wildman–Crippen LogP) is 14.0. The number of carbonyl (C=O) groups is 2. The maximum Gasteiger partial charge on any atom is 0.418 e. The van der Waals surface area contributed by atoms with E-state index in [-0.39, 0.29) is 60.1 Å². The van der Waals surface area contributed by atoms with E-state index < -0.39 is 69.6 Å². The molecule has 2 aliphatic rings. The van der Waals surface area contributed by atoms with Gasteiger partial charge in [-0.2, -0.15) is 36.8 Å². The van der Waals surface area contributed by atoms with Crippen LogP contribution in [0.2, 0.25) is 10.0 Å². The average Bonchev–Trinajstić information content (AvgIpc) is 1.54. The maximum atomic E-state index is 17.9. The molecule has 0 bridgehead atoms. The maximum absolute atomic E-state index is 17.9. The third-order valence-electron chi connectivity index (χ3n) is 16.1. The van der Waals surface area contributed by atoms with E-state index in [2.05, 4.69) is 51.9 Å². The van der Waals surface area contributed by atoms with E-state index in [4.69, 9.17) is 33.2 Å². The van der Waals surface area contributed by atoms with Gasteiger partial charge in [-0.15, -0.1) is 20.4 Å². The van der Waals surface area contributed by atoms with Gasteiger partial charge in [-0.1, -0.05) is 86.0 Å². The molecule has 0 radical (unpaired) electrons. The molecule has 2 amide bonds. The zero-order valence-corrected chi connectivity index (χ0v) is 44.8. The van der Waals surface area contributed by atoms with E-state index in [0.29, 0.717) is 81.8 Å². The number of alkyl halides is 6. The molecule has 0 spiro atoms. The van der Waals surface area contributed by atoms with Crippen molar-refractivity contribution in [2.75, 3.05) is 10.6 Å². The van der Waals surface area contributed by atoms with Crippen LogP contribution in [0.25, 0.3) is 67.6 Å². The summed E-state index contributed by atoms with van der Waals surface area (Å²) in [6.45, 7) is 0. The molecule has 82 heavy (non-hydrogen) atoms. The highest BCUT2D eigenvalue weighted by molar-refractivity contribution is 6.31. The van der Waals surface area contributed by atoms with Crippen molar-refractivity contribution in [2.45, 2.75) is 87.6 Å². The van der Waals surface area contributed by atoms with Crippen LogP contribution in [-0.2, 0) is 33.0 Å². The first-order valence-electron chi connectivity index (χ1n) is 26.6. The van der Waals surface area contributed by atoms with Crippen LogP contribution in [0.3, 0.4) is 0 Å². The molecule has 2 fully saturated rings. The molecule has 2 aliphatic carbocycles. The fourth-order valence-electron chi connectivity index (χ4n) is 12.7. The quantitative estimate of drug-likeness (QED) is 0.0805. The van der Waals surface area contributed by atoms with Gasteiger partial charge in [0.15, 0.2) is 11.1 Å². The predicted molar refractivity (Wildman–Crippen MR) is 296 cm³/mol. The first-order valence-corrected chi connectivity index (χ1v) is 27.3. The van der Waals surface area contributed by atoms with Gasteiger partial charge in [0.2, 0.25) is 11.6 Å². The topological polar surface area (TPSA) is 203 Å². The van der Waals surface area contributed by atoms with Crippen molar-refractivity contribution in [3.63, 3.8) is 0 Å². The summed E-state index contributed by atoms with van der Waals surface area (Å²) < 4.78 is 99.1. The van der Waals surface area contributed by atoms with Gasteiger partial charge in [-0.3, -0.25) is 9.59 Å². The summed E-state index contributed by atoms with van der Waals surface area (Å²) in [7, 11) is 0. The van der Waals surface area contributed by atoms with E-state index >= 15 is 35.9 Å². The molecule has 6 aromatic carbocycles. The number of halogens is 8. The van der Waals surface area contributed by atoms with Crippen LogP contribution in [0.1, 0.15) is 75.3 Å². The van der Waals surface area contributed by atoms with Gasteiger partial charge in [0, 0.05) is 32.3 Å². The number of nitrogens with one attached hydrogen (secondary N) is 4. The Kier molecular flexibility index (Phi) is 14.1. The normalized spacial score (nSPS) is 16.2. The second kappa shape index (κ2) is 21.4. The number of imidazole rings is 2. The van der Waals surface area contributed by atoms with E-state index in [1.54, 1.807) is 106 Å². The smallest absolute Gasteiger partial charge is 0.323 e. The number of hydrogen-bond acceptors (Lipinski definition) is 10. The number of benzene rings is 6. The number of rotatable bonds is 13. The van der Waals surface area contributed by atoms with Gasteiger partial charge in [-0.25, -0.2) is 9.97 Å². The molecule has 10 aromatic rings. The first-order chi connectivity index (χ1) is 39.6. The number of aromatic amines is 2. The van der Waals surface area contributed by atoms with Crippen LogP contribution in [0.15, 0.2) is 133 Å². The number of aromatic nitrogens is 12. The molecule has 4 aromatic heterocycles. The fraction of sp³-hybridized carbons (Fsp3) is 0.276. The molecule has 2 saturated carbocycles. The molecule has 0 aliphatic heterocycles. The summed E-state index contributed by atoms with van der Waals surface area (Å²) >= 11 is 13.2. The van der Waals surface area contributed by atoms with Crippen molar-refractivity contribution < 1.29 is 35.9 Å². The third-order valence-corrected chi connectivity index (χ3v) is 16.6. The molecule has 418 valence electrons. The molecule has 2 unspecified atom stereocenters. The largest absolute Gasteiger partial charge is 0.418 e. The van der Waals surface area contributed by atoms with Crippen LogP contribution in [0.5, 0.6) is 0 Å². The van der Waals surface area contributed by atoms with Crippen LogP contribution in [-0.4, -0.2) is 72.2 Å². The van der Waals surface area contributed by atoms with Crippen molar-refractivity contribution in [2.24, 2.45) is 11.8 Å². The molecular weight excluding hydrogens is 1110 g/mol. The third kappa shape index (κ3) is 9.39. The highest BCUT2D eigenvalue weighted by Crippen LogP contribution is 2.60. The second-order valence-electron chi connectivity index (χ2n) is 20.6. The Morgan fingerprint density at radius 2 is 0.854 bits per heavy atom. The number of amides is 2. The second-order valence-corrected chi connectivity index (χ2v) is 21.5. The molecule has 4 N–H and O–H groups in total. The highest BCUT2D eigenvalue weighted by atomic mass is 35.5. The minimum atomic E-state index is -5.13. The molecule has 4 heterocycles. The minimum Gasteiger partial charge on any atom is -0.323 e. The van der Waals surface area contributed by atoms with E-state index in [0.717, 1.165) is 24.3 Å². The Hall–Kier alpha value is -8.50. The van der Waals surface area contributed by atoms with E-state index in [1.807, 2.05) is 0 Å². The van der Waals surface area contributed by atoms with Gasteiger partial charge in [0.05, 0.1) is 44.6 Å². The Bertz CT molecular complexity index is 3710. The number of carbonyl (C=O) groups excluding carboxylic acids is 2. The SMILES string of the molecule is O=C(Nc1ccc(-c2nn[nH]n2)cc1C(F)(F)F)C(C1CCCCC1)(n1c(-c2ccc(Cl)cc2)nc2ccccc21)C(C(=O)Nc1ccc(-c2nn[nH]n2)cc1C(F)(F)F)(C1CCCCC1)n1c(-c2ccc(Cl)cc2)nc2ccccc21. The van der Waals surface area contributed by atoms with Gasteiger partial charge in [0.25, 0.3) is 11.8 Å². The lowest BCUT2D eigenvalue weighted by Gasteiger charge is -2.58. The summed E-state index contributed by atoms with van der Waals surface area (Å²) in [6.07, 6.45) is -6.10. The van der Waals surface area contributed by atoms with Crippen molar-refractivity contribution >= 4 is 68.5 Å². The summed E-state index contributed by atoms with van der Waals surface area (Å²) in [5.41, 5.74) is -7.14. The Morgan fingerprint density at radius 1 is 0.488 bits per heavy atom. The summed E-state index contributed by atoms with van der Waals surface area (Å²) in [6, 6.07) is 33.5. The van der Waals surface area contributed by atoms with E-state index in [1.165, 1.54) is 12.1 Å². The number of H-pyrrole nitrogens is 2. The zero-order chi connectivity index (χ0) is 57.0. The number of tetrazole rings is 2. The van der Waals surface area contributed by atoms with Crippen molar-refractivity contribution in [1.82, 2.24) is 60.4 Å². The van der Waals surface area contributed by atoms with Crippen molar-refractivity contribution in [3.8, 4) is 45.6 Å². The lowest BCUT2D eigenvalue weighted by Crippen LogP contribution is -2.73. The molecule has 0 saturated heterocycles. The fourth-order valence-corrected chi connectivity index (χ4v) is 12.9. The molecule has 16 nitrogen and oxygen atoms in total. The highest BCUT2D eigenvalue weighted by Gasteiger charge is 2.71. The standard InChI is InChI=1S/C58H48Cl2F6N14O2/c59-39-25-19-33(20-26-39)51-67-45-15-7-9-17-47(45)79(51)55(37-11-3-1-4-12-37,53(81)69-43-29-23-35(49-71-75-76-72-49)31-41(43)57(61,62)63)56(38-13-5-2-6-14-38,80-48-18-10-8-16-46(48)68-52(80)34-21-27-40(60)28-22-34)54(82)70-44-30-24-36(50-73-77-78-74-50)32-42(44)58(64,65)66/h7-10,15-32,37-38H,1-6,11-14H2,(H,69,81)(H,70,82)(H,71,72,75,76)(H,73,74,77,78). The van der Waals surface area contributed by atoms with Crippen LogP contribution in [0, 0.1) is 11.8 Å². The number of hydrogen-bond donors (Lipinski definition) is 4. The molecular formula is C58H48Cl2F6N14O2. The number of fused-ring (bicyclic) bond motifs is 2. The monoisotopic (exact) mass is 1160 g/mol. The van der Waals surface area contributed by atoms with Crippen LogP contribution < -0.4 is 10.6 Å². The Balaban J connectivity index is 1.28. The number of nitrogens with zero attached hydrogens (tertiary/aromatic N) is 10. The number of anilines is 2. The zero-order valence-electron chi connectivity index (χ0n) is 43.2. The van der Waals surface area contributed by atoms with Crippen molar-refractivity contribution in [3.05, 3.63) is 155 Å². The summed E-state index contributed by atoms with van der Waals surface area (Å²) in [5.74, 6) is -4.26. The van der Waals surface area contributed by atoms with Gasteiger partial charge in [-0.05, 0) is 157 Å². The Morgan fingerprint density at radius 3 is 1.21 bits per heavy atom. The van der Waals surface area contributed by atoms with Gasteiger partial charge >= 0.3 is 12.4 Å². The van der Waals surface area contributed by atoms with Crippen LogP contribution >= 0.6 is 23.2 Å². The Labute approximate surface area is 473 Å². The van der Waals surface area contributed by atoms with E-state index in [9.17, 15) is 0 Å². The summed E-state index contributed by atoms with van der Waals surface area (Å²) in [5, 5.41) is 33.6. The first kappa shape index (κ1) is 54.1. The lowest BCUT2D eigenvalue weighted by atomic mass is 9.55. The number of para-hydroxylation sites is 4. The average molecular weight is 1160 g/mol. The molecule has 2 atom stereocenters. The minimum absolute atomic E-state index is 0.0810. The molecule has 12 rings (SSSR count). The van der Waals surface area contributed by atoms with Gasteiger partial charge in [0.1, 0.15) is 11.6 Å². The lowest BCUT2D eigenvalue weighted by molar-refractivity contribution is -0.156. The van der Waals surface area contributed by atoms with Crippen molar-refractivity contribution in [1.29, 1.82) is 0 Å². The van der Waals surface area contributed by atoms with Gasteiger partial charge < -0.3 is 19.8 Å². The molecule has 24 heteroatoms.